The molecule has 0 aliphatic rings. The van der Waals surface area contributed by atoms with Crippen molar-refractivity contribution < 1.29 is 9.59 Å². The molecule has 19 heavy (non-hydrogen) atoms. The first-order valence-corrected chi connectivity index (χ1v) is 6.57. The van der Waals surface area contributed by atoms with Crippen LogP contribution in [0, 0.1) is 0 Å². The molecule has 1 amide bonds. The zero-order valence-electron chi connectivity index (χ0n) is 10.4. The molecule has 2 rings (SSSR count). The molecule has 3 nitrogen and oxygen atoms in total. The van der Waals surface area contributed by atoms with Crippen molar-refractivity contribution >= 4 is 34.6 Å². The lowest BCUT2D eigenvalue weighted by Crippen LogP contribution is -2.27. The maximum atomic E-state index is 12.2. The number of carbonyl (C=O) groups is 1. The van der Waals surface area contributed by atoms with Gasteiger partial charge in [0, 0.05) is 7.05 Å². The number of rotatable bonds is 4. The van der Waals surface area contributed by atoms with E-state index in [1.807, 2.05) is 47.8 Å². The SMILES string of the molecule is CN(C(=O)C([C]=O)=Cc1ccccc1)c1cccs1. The van der Waals surface area contributed by atoms with E-state index in [1.165, 1.54) is 16.2 Å². The maximum Gasteiger partial charge on any atom is 0.262 e. The van der Waals surface area contributed by atoms with E-state index in [9.17, 15) is 9.59 Å². The molecule has 95 valence electrons. The van der Waals surface area contributed by atoms with Crippen LogP contribution in [-0.2, 0) is 9.59 Å². The predicted molar refractivity (Wildman–Crippen MR) is 77.8 cm³/mol. The van der Waals surface area contributed by atoms with Gasteiger partial charge >= 0.3 is 0 Å². The Balaban J connectivity index is 2.25. The summed E-state index contributed by atoms with van der Waals surface area (Å²) in [6.07, 6.45) is 3.26. The smallest absolute Gasteiger partial charge is 0.262 e. The van der Waals surface area contributed by atoms with Gasteiger partial charge in [-0.25, -0.2) is 0 Å². The van der Waals surface area contributed by atoms with Gasteiger partial charge in [-0.2, -0.15) is 0 Å². The molecule has 2 aromatic rings. The fraction of sp³-hybridized carbons (Fsp3) is 0.0667. The number of nitrogens with zero attached hydrogens (tertiary/aromatic N) is 1. The average molecular weight is 270 g/mol. The van der Waals surface area contributed by atoms with Gasteiger partial charge in [-0.1, -0.05) is 30.3 Å². The van der Waals surface area contributed by atoms with E-state index in [0.29, 0.717) is 0 Å². The van der Waals surface area contributed by atoms with Gasteiger partial charge in [-0.3, -0.25) is 9.59 Å². The van der Waals surface area contributed by atoms with Gasteiger partial charge in [-0.15, -0.1) is 11.3 Å². The topological polar surface area (TPSA) is 37.4 Å². The zero-order valence-corrected chi connectivity index (χ0v) is 11.2. The summed E-state index contributed by atoms with van der Waals surface area (Å²) < 4.78 is 0. The summed E-state index contributed by atoms with van der Waals surface area (Å²) in [5.74, 6) is -0.360. The first kappa shape index (κ1) is 13.2. The third-order valence-corrected chi connectivity index (χ3v) is 3.54. The normalized spacial score (nSPS) is 11.1. The Hall–Kier alpha value is -2.20. The average Bonchev–Trinajstić information content (AvgIpc) is 2.98. The van der Waals surface area contributed by atoms with Crippen molar-refractivity contribution in [3.63, 3.8) is 0 Å². The van der Waals surface area contributed by atoms with Crippen LogP contribution in [0.5, 0.6) is 0 Å². The molecule has 0 bridgehead atoms. The highest BCUT2D eigenvalue weighted by atomic mass is 32.1. The summed E-state index contributed by atoms with van der Waals surface area (Å²) in [7, 11) is 1.64. The monoisotopic (exact) mass is 270 g/mol. The van der Waals surface area contributed by atoms with Gasteiger partial charge in [0.1, 0.15) is 0 Å². The summed E-state index contributed by atoms with van der Waals surface area (Å²) in [5.41, 5.74) is 0.816. The minimum Gasteiger partial charge on any atom is -0.303 e. The summed E-state index contributed by atoms with van der Waals surface area (Å²) in [6, 6.07) is 12.9. The lowest BCUT2D eigenvalue weighted by Gasteiger charge is -2.14. The van der Waals surface area contributed by atoms with Crippen LogP contribution in [0.1, 0.15) is 5.56 Å². The van der Waals surface area contributed by atoms with Gasteiger partial charge in [0.25, 0.3) is 5.91 Å². The van der Waals surface area contributed by atoms with Crippen molar-refractivity contribution in [2.24, 2.45) is 0 Å². The van der Waals surface area contributed by atoms with Crippen molar-refractivity contribution in [2.45, 2.75) is 0 Å². The maximum absolute atomic E-state index is 12.2. The van der Waals surface area contributed by atoms with Crippen molar-refractivity contribution in [3.8, 4) is 0 Å². The van der Waals surface area contributed by atoms with E-state index in [2.05, 4.69) is 0 Å². The Morgan fingerprint density at radius 1 is 1.21 bits per heavy atom. The number of amides is 1. The Morgan fingerprint density at radius 2 is 1.95 bits per heavy atom. The molecule has 1 heterocycles. The molecule has 1 radical (unpaired) electrons. The van der Waals surface area contributed by atoms with Crippen molar-refractivity contribution in [2.75, 3.05) is 11.9 Å². The van der Waals surface area contributed by atoms with Gasteiger partial charge in [0.05, 0.1) is 10.6 Å². The molecule has 1 aromatic carbocycles. The summed E-state index contributed by atoms with van der Waals surface area (Å²) in [5, 5.41) is 2.67. The van der Waals surface area contributed by atoms with Crippen LogP contribution in [0.2, 0.25) is 0 Å². The Bertz CT molecular complexity index is 588. The number of likely N-dealkylation sites (N-methyl/N-ethyl adjacent to an activating group) is 1. The number of thiophene rings is 1. The second kappa shape index (κ2) is 6.11. The van der Waals surface area contributed by atoms with E-state index in [4.69, 9.17) is 0 Å². The second-order valence-electron chi connectivity index (χ2n) is 3.89. The first-order valence-electron chi connectivity index (χ1n) is 5.69. The third kappa shape index (κ3) is 3.17. The van der Waals surface area contributed by atoms with Crippen LogP contribution >= 0.6 is 11.3 Å². The van der Waals surface area contributed by atoms with E-state index in [0.717, 1.165) is 10.6 Å². The van der Waals surface area contributed by atoms with Gasteiger partial charge in [0.2, 0.25) is 6.29 Å². The Labute approximate surface area is 115 Å². The molecule has 0 saturated heterocycles. The van der Waals surface area contributed by atoms with Crippen LogP contribution in [0.3, 0.4) is 0 Å². The molecular weight excluding hydrogens is 258 g/mol. The number of benzene rings is 1. The van der Waals surface area contributed by atoms with Crippen LogP contribution < -0.4 is 4.90 Å². The van der Waals surface area contributed by atoms with Crippen molar-refractivity contribution in [3.05, 3.63) is 59.0 Å². The van der Waals surface area contributed by atoms with Crippen molar-refractivity contribution in [1.29, 1.82) is 0 Å². The van der Waals surface area contributed by atoms with Gasteiger partial charge in [-0.05, 0) is 29.2 Å². The van der Waals surface area contributed by atoms with Crippen LogP contribution in [0.4, 0.5) is 5.00 Å². The van der Waals surface area contributed by atoms with E-state index < -0.39 is 0 Å². The van der Waals surface area contributed by atoms with Crippen LogP contribution in [-0.4, -0.2) is 19.2 Å². The minimum atomic E-state index is -0.360. The standard InChI is InChI=1S/C15H12NO2S/c1-16(14-8-5-9-19-14)15(18)13(11-17)10-12-6-3-2-4-7-12/h2-10H,1H3. The van der Waals surface area contributed by atoms with Gasteiger partial charge in [0.15, 0.2) is 0 Å². The summed E-state index contributed by atoms with van der Waals surface area (Å²) in [4.78, 5) is 24.6. The number of hydrogen-bond acceptors (Lipinski definition) is 3. The molecule has 0 unspecified atom stereocenters. The van der Waals surface area contributed by atoms with E-state index in [-0.39, 0.29) is 11.5 Å². The molecule has 0 fully saturated rings. The lowest BCUT2D eigenvalue weighted by molar-refractivity contribution is -0.114. The largest absolute Gasteiger partial charge is 0.303 e. The van der Waals surface area contributed by atoms with Crippen LogP contribution in [0.15, 0.2) is 53.4 Å². The molecule has 0 atom stereocenters. The zero-order chi connectivity index (χ0) is 13.7. The quantitative estimate of drug-likeness (QED) is 0.486. The Morgan fingerprint density at radius 3 is 2.53 bits per heavy atom. The molecular formula is C15H12NO2S. The summed E-state index contributed by atoms with van der Waals surface area (Å²) in [6.45, 7) is 0. The molecule has 0 spiro atoms. The molecule has 1 aromatic heterocycles. The number of carbonyl (C=O) groups excluding carboxylic acids is 2. The highest BCUT2D eigenvalue weighted by Crippen LogP contribution is 2.21. The fourth-order valence-electron chi connectivity index (χ4n) is 1.59. The van der Waals surface area contributed by atoms with E-state index in [1.54, 1.807) is 19.4 Å². The molecule has 0 N–H and O–H groups in total. The number of hydrogen-bond donors (Lipinski definition) is 0. The minimum absolute atomic E-state index is 0.0158. The molecule has 0 aliphatic carbocycles. The molecule has 0 aliphatic heterocycles. The second-order valence-corrected chi connectivity index (χ2v) is 4.81. The highest BCUT2D eigenvalue weighted by Gasteiger charge is 2.17. The highest BCUT2D eigenvalue weighted by molar-refractivity contribution is 7.14. The van der Waals surface area contributed by atoms with Crippen LogP contribution in [0.25, 0.3) is 6.08 Å². The Kier molecular flexibility index (Phi) is 4.26. The number of anilines is 1. The van der Waals surface area contributed by atoms with Gasteiger partial charge < -0.3 is 4.90 Å². The van der Waals surface area contributed by atoms with Crippen molar-refractivity contribution in [1.82, 2.24) is 0 Å². The first-order chi connectivity index (χ1) is 9.22. The summed E-state index contributed by atoms with van der Waals surface area (Å²) >= 11 is 1.44. The fourth-order valence-corrected chi connectivity index (χ4v) is 2.29. The predicted octanol–water partition coefficient (Wildman–Crippen LogP) is 2.90. The third-order valence-electron chi connectivity index (χ3n) is 2.59. The molecule has 0 saturated carbocycles. The van der Waals surface area contributed by atoms with E-state index >= 15 is 0 Å². The lowest BCUT2D eigenvalue weighted by atomic mass is 10.1. The molecule has 4 heteroatoms.